The van der Waals surface area contributed by atoms with Gasteiger partial charge in [0.15, 0.2) is 0 Å². The van der Waals surface area contributed by atoms with E-state index >= 15 is 0 Å². The van der Waals surface area contributed by atoms with Crippen LogP contribution in [0.3, 0.4) is 0 Å². The average Bonchev–Trinajstić information content (AvgIpc) is 2.79. The van der Waals surface area contributed by atoms with Gasteiger partial charge in [-0.2, -0.15) is 5.10 Å². The van der Waals surface area contributed by atoms with Crippen LogP contribution in [0.2, 0.25) is 10.0 Å². The highest BCUT2D eigenvalue weighted by atomic mass is 35.5. The second-order valence-corrected chi connectivity index (χ2v) is 6.19. The molecule has 2 rings (SSSR count). The van der Waals surface area contributed by atoms with Gasteiger partial charge in [0.1, 0.15) is 18.3 Å². The predicted molar refractivity (Wildman–Crippen MR) is 79.8 cm³/mol. The second kappa shape index (κ2) is 6.12. The van der Waals surface area contributed by atoms with Crippen LogP contribution in [0, 0.1) is 5.92 Å². The first-order valence-corrected chi connectivity index (χ1v) is 7.16. The summed E-state index contributed by atoms with van der Waals surface area (Å²) in [4.78, 5) is 3.90. The molecule has 0 saturated carbocycles. The highest BCUT2D eigenvalue weighted by Crippen LogP contribution is 2.36. The smallest absolute Gasteiger partial charge is 0.137 e. The average molecular weight is 314 g/mol. The minimum Gasteiger partial charge on any atom is -0.383 e. The quantitative estimate of drug-likeness (QED) is 0.918. The number of benzene rings is 1. The highest BCUT2D eigenvalue weighted by Gasteiger charge is 2.33. The Labute approximate surface area is 128 Å². The molecule has 0 saturated heterocycles. The van der Waals surface area contributed by atoms with Crippen molar-refractivity contribution in [1.82, 2.24) is 14.8 Å². The molecule has 1 N–H and O–H groups in total. The van der Waals surface area contributed by atoms with Gasteiger partial charge in [-0.25, -0.2) is 9.67 Å². The lowest BCUT2D eigenvalue weighted by Crippen LogP contribution is -2.33. The Kier molecular flexibility index (Phi) is 4.68. The summed E-state index contributed by atoms with van der Waals surface area (Å²) in [6.07, 6.45) is 3.59. The number of hydrogen-bond donors (Lipinski definition) is 1. The van der Waals surface area contributed by atoms with Crippen molar-refractivity contribution in [2.24, 2.45) is 5.92 Å². The van der Waals surface area contributed by atoms with Crippen LogP contribution in [-0.4, -0.2) is 19.9 Å². The number of rotatable bonds is 5. The van der Waals surface area contributed by atoms with Crippen LogP contribution >= 0.6 is 23.2 Å². The molecule has 0 spiro atoms. The molecule has 108 valence electrons. The summed E-state index contributed by atoms with van der Waals surface area (Å²) < 4.78 is 1.60. The molecule has 20 heavy (non-hydrogen) atoms. The van der Waals surface area contributed by atoms with E-state index in [2.05, 4.69) is 23.9 Å². The Bertz CT molecular complexity index is 572. The zero-order valence-corrected chi connectivity index (χ0v) is 12.9. The van der Waals surface area contributed by atoms with E-state index in [-0.39, 0.29) is 0 Å². The van der Waals surface area contributed by atoms with Gasteiger partial charge in [0.25, 0.3) is 0 Å². The molecule has 6 heteroatoms. The van der Waals surface area contributed by atoms with E-state index in [9.17, 15) is 5.11 Å². The fourth-order valence-corrected chi connectivity index (χ4v) is 2.97. The van der Waals surface area contributed by atoms with Gasteiger partial charge in [-0.1, -0.05) is 43.1 Å². The molecule has 0 amide bonds. The summed E-state index contributed by atoms with van der Waals surface area (Å²) in [5.41, 5.74) is -0.448. The van der Waals surface area contributed by atoms with Crippen molar-refractivity contribution in [3.63, 3.8) is 0 Å². The van der Waals surface area contributed by atoms with Crippen LogP contribution < -0.4 is 0 Å². The van der Waals surface area contributed by atoms with E-state index in [0.717, 1.165) is 0 Å². The summed E-state index contributed by atoms with van der Waals surface area (Å²) in [6, 6.07) is 5.14. The lowest BCUT2D eigenvalue weighted by Gasteiger charge is -2.31. The number of aromatic nitrogens is 3. The van der Waals surface area contributed by atoms with Gasteiger partial charge in [0, 0.05) is 15.6 Å². The molecule has 0 aliphatic carbocycles. The lowest BCUT2D eigenvalue weighted by atomic mass is 9.85. The molecule has 2 aromatic rings. The summed E-state index contributed by atoms with van der Waals surface area (Å²) in [7, 11) is 0. The zero-order chi connectivity index (χ0) is 14.8. The Hall–Kier alpha value is -1.10. The maximum atomic E-state index is 11.1. The van der Waals surface area contributed by atoms with Crippen molar-refractivity contribution in [2.75, 3.05) is 0 Å². The standard InChI is InChI=1S/C14H17Cl2N3O/c1-10(2)6-14(20,7-19-9-17-8-18-19)12-4-3-11(15)5-13(12)16/h3-5,8-10,20H,6-7H2,1-2H3. The molecular weight excluding hydrogens is 297 g/mol. The number of halogens is 2. The van der Waals surface area contributed by atoms with Crippen LogP contribution in [-0.2, 0) is 12.1 Å². The van der Waals surface area contributed by atoms with E-state index in [1.165, 1.54) is 6.33 Å². The first kappa shape index (κ1) is 15.3. The Balaban J connectivity index is 2.39. The molecule has 0 fully saturated rings. The van der Waals surface area contributed by atoms with Gasteiger partial charge in [-0.05, 0) is 24.5 Å². The topological polar surface area (TPSA) is 50.9 Å². The summed E-state index contributed by atoms with van der Waals surface area (Å²) in [5.74, 6) is 0.301. The molecule has 4 nitrogen and oxygen atoms in total. The van der Waals surface area contributed by atoms with E-state index < -0.39 is 5.60 Å². The second-order valence-electron chi connectivity index (χ2n) is 5.35. The lowest BCUT2D eigenvalue weighted by molar-refractivity contribution is -0.00485. The summed E-state index contributed by atoms with van der Waals surface area (Å²) >= 11 is 12.2. The van der Waals surface area contributed by atoms with Crippen molar-refractivity contribution < 1.29 is 5.11 Å². The molecule has 0 aliphatic heterocycles. The van der Waals surface area contributed by atoms with Crippen LogP contribution in [0.4, 0.5) is 0 Å². The van der Waals surface area contributed by atoms with Crippen LogP contribution in [0.1, 0.15) is 25.8 Å². The Morgan fingerprint density at radius 1 is 1.35 bits per heavy atom. The van der Waals surface area contributed by atoms with Gasteiger partial charge in [-0.15, -0.1) is 0 Å². The van der Waals surface area contributed by atoms with Crippen molar-refractivity contribution in [3.05, 3.63) is 46.5 Å². The van der Waals surface area contributed by atoms with E-state index in [4.69, 9.17) is 23.2 Å². The largest absolute Gasteiger partial charge is 0.383 e. The van der Waals surface area contributed by atoms with Gasteiger partial charge < -0.3 is 5.11 Å². The van der Waals surface area contributed by atoms with Crippen LogP contribution in [0.15, 0.2) is 30.9 Å². The minimum atomic E-state index is -1.11. The summed E-state index contributed by atoms with van der Waals surface area (Å²) in [6.45, 7) is 4.40. The molecule has 1 unspecified atom stereocenters. The van der Waals surface area contributed by atoms with E-state index in [1.807, 2.05) is 0 Å². The van der Waals surface area contributed by atoms with Crippen molar-refractivity contribution in [1.29, 1.82) is 0 Å². The molecule has 0 aliphatic rings. The fourth-order valence-electron chi connectivity index (χ4n) is 2.38. The van der Waals surface area contributed by atoms with E-state index in [1.54, 1.807) is 29.2 Å². The molecule has 1 atom stereocenters. The van der Waals surface area contributed by atoms with E-state index in [0.29, 0.717) is 34.5 Å². The third kappa shape index (κ3) is 3.51. The van der Waals surface area contributed by atoms with Gasteiger partial charge in [0.05, 0.1) is 6.54 Å². The summed E-state index contributed by atoms with van der Waals surface area (Å²) in [5, 5.41) is 16.1. The van der Waals surface area contributed by atoms with Gasteiger partial charge in [-0.3, -0.25) is 0 Å². The van der Waals surface area contributed by atoms with Gasteiger partial charge >= 0.3 is 0 Å². The number of nitrogens with zero attached hydrogens (tertiary/aromatic N) is 3. The maximum Gasteiger partial charge on any atom is 0.137 e. The number of aliphatic hydroxyl groups is 1. The van der Waals surface area contributed by atoms with Crippen molar-refractivity contribution >= 4 is 23.2 Å². The third-order valence-corrected chi connectivity index (χ3v) is 3.62. The molecular formula is C14H17Cl2N3O. The molecule has 1 heterocycles. The van der Waals surface area contributed by atoms with Crippen molar-refractivity contribution in [2.45, 2.75) is 32.4 Å². The number of hydrogen-bond acceptors (Lipinski definition) is 3. The van der Waals surface area contributed by atoms with Crippen molar-refractivity contribution in [3.8, 4) is 0 Å². The predicted octanol–water partition coefficient (Wildman–Crippen LogP) is 3.52. The van der Waals surface area contributed by atoms with Gasteiger partial charge in [0.2, 0.25) is 0 Å². The highest BCUT2D eigenvalue weighted by molar-refractivity contribution is 6.35. The molecule has 1 aromatic carbocycles. The molecule has 0 radical (unpaired) electrons. The molecule has 1 aromatic heterocycles. The minimum absolute atomic E-state index is 0.298. The first-order chi connectivity index (χ1) is 9.40. The Morgan fingerprint density at radius 2 is 2.10 bits per heavy atom. The SMILES string of the molecule is CC(C)CC(O)(Cn1cncn1)c1ccc(Cl)cc1Cl. The fraction of sp³-hybridized carbons (Fsp3) is 0.429. The maximum absolute atomic E-state index is 11.1. The first-order valence-electron chi connectivity index (χ1n) is 6.41. The van der Waals surface area contributed by atoms with Crippen LogP contribution in [0.5, 0.6) is 0 Å². The zero-order valence-electron chi connectivity index (χ0n) is 11.4. The molecule has 0 bridgehead atoms. The monoisotopic (exact) mass is 313 g/mol. The Morgan fingerprint density at radius 3 is 2.65 bits per heavy atom. The normalized spacial score (nSPS) is 14.5. The van der Waals surface area contributed by atoms with Crippen LogP contribution in [0.25, 0.3) is 0 Å². The third-order valence-electron chi connectivity index (χ3n) is 3.07.